The van der Waals surface area contributed by atoms with Crippen molar-refractivity contribution in [2.45, 2.75) is 13.3 Å². The summed E-state index contributed by atoms with van der Waals surface area (Å²) in [5, 5.41) is 2.48. The van der Waals surface area contributed by atoms with Gasteiger partial charge in [0.2, 0.25) is 0 Å². The maximum absolute atomic E-state index is 10.6. The second-order valence-corrected chi connectivity index (χ2v) is 1.77. The molecule has 0 aliphatic carbocycles. The van der Waals surface area contributed by atoms with Crippen LogP contribution in [0.25, 0.3) is 0 Å². The van der Waals surface area contributed by atoms with E-state index in [0.29, 0.717) is 6.54 Å². The molecule has 5 N–H and O–H groups in total. The monoisotopic (exact) mass is 144 g/mol. The van der Waals surface area contributed by atoms with Crippen LogP contribution in [0, 0.1) is 0 Å². The molecule has 0 spiro atoms. The predicted molar refractivity (Wildman–Crippen MR) is 39.5 cm³/mol. The quantitative estimate of drug-likeness (QED) is 0.356. The molecule has 0 bridgehead atoms. The van der Waals surface area contributed by atoms with Crippen molar-refractivity contribution < 1.29 is 4.79 Å². The fourth-order valence-corrected chi connectivity index (χ4v) is 0.389. The van der Waals surface area contributed by atoms with Crippen molar-refractivity contribution in [3.05, 3.63) is 0 Å². The molecule has 5 nitrogen and oxygen atoms in total. The normalized spacial score (nSPS) is 8.50. The number of hydrogen-bond donors (Lipinski definition) is 3. The Labute approximate surface area is 59.5 Å². The summed E-state index contributed by atoms with van der Waals surface area (Å²) in [7, 11) is 0. The molecule has 0 aromatic rings. The van der Waals surface area contributed by atoms with E-state index in [1.165, 1.54) is 0 Å². The largest absolute Gasteiger partial charge is 0.370 e. The van der Waals surface area contributed by atoms with Gasteiger partial charge < -0.3 is 16.8 Å². The van der Waals surface area contributed by atoms with Crippen molar-refractivity contribution in [2.75, 3.05) is 6.54 Å². The van der Waals surface area contributed by atoms with Gasteiger partial charge in [-0.2, -0.15) is 4.99 Å². The van der Waals surface area contributed by atoms with E-state index >= 15 is 0 Å². The van der Waals surface area contributed by atoms with Gasteiger partial charge in [0.15, 0.2) is 5.96 Å². The lowest BCUT2D eigenvalue weighted by Gasteiger charge is -1.96. The summed E-state index contributed by atoms with van der Waals surface area (Å²) in [6.45, 7) is 2.53. The van der Waals surface area contributed by atoms with Gasteiger partial charge in [-0.25, -0.2) is 4.79 Å². The van der Waals surface area contributed by atoms with E-state index in [1.807, 2.05) is 6.92 Å². The molecule has 0 aliphatic heterocycles. The van der Waals surface area contributed by atoms with Crippen LogP contribution in [-0.4, -0.2) is 18.5 Å². The number of amides is 2. The van der Waals surface area contributed by atoms with Gasteiger partial charge in [-0.15, -0.1) is 0 Å². The average molecular weight is 144 g/mol. The molecule has 2 amide bonds. The lowest BCUT2D eigenvalue weighted by molar-refractivity contribution is 0.249. The van der Waals surface area contributed by atoms with Crippen molar-refractivity contribution in [2.24, 2.45) is 16.5 Å². The minimum atomic E-state index is -0.484. The number of nitrogens with one attached hydrogen (secondary N) is 1. The third-order valence-corrected chi connectivity index (χ3v) is 0.757. The molecule has 0 fully saturated rings. The maximum atomic E-state index is 10.6. The molecule has 0 atom stereocenters. The van der Waals surface area contributed by atoms with Crippen LogP contribution in [0.5, 0.6) is 0 Å². The number of nitrogens with zero attached hydrogens (tertiary/aromatic N) is 1. The molecule has 0 saturated carbocycles. The highest BCUT2D eigenvalue weighted by molar-refractivity contribution is 5.90. The molecule has 0 saturated heterocycles. The second kappa shape index (κ2) is 4.60. The van der Waals surface area contributed by atoms with Gasteiger partial charge in [0.25, 0.3) is 0 Å². The number of aliphatic imine (C=N–C) groups is 1. The zero-order valence-corrected chi connectivity index (χ0v) is 5.92. The van der Waals surface area contributed by atoms with Crippen LogP contribution in [-0.2, 0) is 0 Å². The number of hydrogen-bond acceptors (Lipinski definition) is 1. The first-order valence-electron chi connectivity index (χ1n) is 3.04. The van der Waals surface area contributed by atoms with Crippen molar-refractivity contribution in [1.82, 2.24) is 5.32 Å². The molecule has 0 aromatic carbocycles. The first kappa shape index (κ1) is 8.74. The molecule has 0 unspecified atom stereocenters. The van der Waals surface area contributed by atoms with Gasteiger partial charge >= 0.3 is 6.03 Å². The Hall–Kier alpha value is -1.26. The summed E-state index contributed by atoms with van der Waals surface area (Å²) in [5.74, 6) is -0.214. The first-order chi connectivity index (χ1) is 4.66. The topological polar surface area (TPSA) is 93.5 Å². The Balaban J connectivity index is 3.54. The Kier molecular flexibility index (Phi) is 4.02. The highest BCUT2D eigenvalue weighted by atomic mass is 16.2. The number of rotatable bonds is 2. The molecule has 0 rings (SSSR count). The van der Waals surface area contributed by atoms with E-state index in [-0.39, 0.29) is 5.96 Å². The third kappa shape index (κ3) is 4.89. The summed E-state index contributed by atoms with van der Waals surface area (Å²) in [4.78, 5) is 13.8. The predicted octanol–water partition coefficient (Wildman–Crippen LogP) is -0.621. The molecule has 58 valence electrons. The lowest BCUT2D eigenvalue weighted by Crippen LogP contribution is -2.28. The molecular weight excluding hydrogens is 132 g/mol. The number of carbonyl (C=O) groups is 1. The molecular formula is C5H12N4O. The molecule has 0 radical (unpaired) electrons. The van der Waals surface area contributed by atoms with E-state index in [9.17, 15) is 4.79 Å². The Morgan fingerprint density at radius 3 is 2.60 bits per heavy atom. The van der Waals surface area contributed by atoms with Gasteiger partial charge in [0, 0.05) is 6.54 Å². The van der Waals surface area contributed by atoms with Gasteiger partial charge in [-0.05, 0) is 6.42 Å². The minimum absolute atomic E-state index is 0.214. The van der Waals surface area contributed by atoms with Crippen LogP contribution in [0.2, 0.25) is 0 Å². The van der Waals surface area contributed by atoms with Crippen LogP contribution in [0.15, 0.2) is 4.99 Å². The third-order valence-electron chi connectivity index (χ3n) is 0.757. The number of nitrogens with two attached hydrogens (primary N) is 2. The SMILES string of the molecule is CCCNC(=O)N=C(N)N. The Morgan fingerprint density at radius 2 is 2.20 bits per heavy atom. The number of guanidine groups is 1. The van der Waals surface area contributed by atoms with Crippen LogP contribution < -0.4 is 16.8 Å². The van der Waals surface area contributed by atoms with Crippen LogP contribution in [0.1, 0.15) is 13.3 Å². The second-order valence-electron chi connectivity index (χ2n) is 1.77. The van der Waals surface area contributed by atoms with Crippen molar-refractivity contribution in [3.8, 4) is 0 Å². The van der Waals surface area contributed by atoms with Gasteiger partial charge in [-0.1, -0.05) is 6.92 Å². The Bertz CT molecular complexity index is 139. The zero-order chi connectivity index (χ0) is 7.98. The van der Waals surface area contributed by atoms with Crippen LogP contribution in [0.4, 0.5) is 4.79 Å². The summed E-state index contributed by atoms with van der Waals surface area (Å²) < 4.78 is 0. The van der Waals surface area contributed by atoms with Crippen molar-refractivity contribution >= 4 is 12.0 Å². The molecule has 0 aromatic heterocycles. The van der Waals surface area contributed by atoms with Crippen molar-refractivity contribution in [1.29, 1.82) is 0 Å². The molecule has 0 heterocycles. The van der Waals surface area contributed by atoms with E-state index in [4.69, 9.17) is 11.5 Å². The van der Waals surface area contributed by atoms with Gasteiger partial charge in [0.1, 0.15) is 0 Å². The molecule has 5 heteroatoms. The Morgan fingerprint density at radius 1 is 1.60 bits per heavy atom. The van der Waals surface area contributed by atoms with E-state index in [2.05, 4.69) is 10.3 Å². The highest BCUT2D eigenvalue weighted by Crippen LogP contribution is 1.74. The van der Waals surface area contributed by atoms with Crippen LogP contribution in [0.3, 0.4) is 0 Å². The summed E-state index contributed by atoms with van der Waals surface area (Å²) in [5.41, 5.74) is 9.86. The van der Waals surface area contributed by atoms with Gasteiger partial charge in [-0.3, -0.25) is 0 Å². The molecule has 10 heavy (non-hydrogen) atoms. The fourth-order valence-electron chi connectivity index (χ4n) is 0.389. The standard InChI is InChI=1S/C5H12N4O/c1-2-3-8-5(10)9-4(6)7/h2-3H2,1H3,(H5,6,7,8,9,10). The smallest absolute Gasteiger partial charge is 0.344 e. The lowest BCUT2D eigenvalue weighted by atomic mass is 10.5. The fraction of sp³-hybridized carbons (Fsp3) is 0.600. The highest BCUT2D eigenvalue weighted by Gasteiger charge is 1.93. The van der Waals surface area contributed by atoms with Crippen molar-refractivity contribution in [3.63, 3.8) is 0 Å². The summed E-state index contributed by atoms with van der Waals surface area (Å²) in [6.07, 6.45) is 0.867. The average Bonchev–Trinajstić information content (AvgIpc) is 1.82. The number of urea groups is 1. The first-order valence-corrected chi connectivity index (χ1v) is 3.04. The van der Waals surface area contributed by atoms with E-state index in [1.54, 1.807) is 0 Å². The number of carbonyl (C=O) groups excluding carboxylic acids is 1. The molecule has 0 aliphatic rings. The maximum Gasteiger partial charge on any atom is 0.344 e. The van der Waals surface area contributed by atoms with Gasteiger partial charge in [0.05, 0.1) is 0 Å². The summed E-state index contributed by atoms with van der Waals surface area (Å²) >= 11 is 0. The van der Waals surface area contributed by atoms with Crippen LogP contribution >= 0.6 is 0 Å². The zero-order valence-electron chi connectivity index (χ0n) is 5.92. The minimum Gasteiger partial charge on any atom is -0.370 e. The summed E-state index contributed by atoms with van der Waals surface area (Å²) in [6, 6.07) is -0.484. The van der Waals surface area contributed by atoms with E-state index < -0.39 is 6.03 Å². The van der Waals surface area contributed by atoms with E-state index in [0.717, 1.165) is 6.42 Å².